The summed E-state index contributed by atoms with van der Waals surface area (Å²) in [6, 6.07) is 4.55. The van der Waals surface area contributed by atoms with Crippen molar-refractivity contribution >= 4 is 23.6 Å². The van der Waals surface area contributed by atoms with Crippen molar-refractivity contribution in [3.05, 3.63) is 34.9 Å². The highest BCUT2D eigenvalue weighted by molar-refractivity contribution is 6.06. The van der Waals surface area contributed by atoms with E-state index >= 15 is 0 Å². The summed E-state index contributed by atoms with van der Waals surface area (Å²) in [4.78, 5) is 50.5. The van der Waals surface area contributed by atoms with Crippen LogP contribution < -0.4 is 16.0 Å². The molecule has 0 bridgehead atoms. The molecule has 148 valence electrons. The maximum Gasteiger partial charge on any atom is 0.255 e. The number of imide groups is 1. The molecule has 1 aromatic carbocycles. The zero-order valence-electron chi connectivity index (χ0n) is 15.6. The summed E-state index contributed by atoms with van der Waals surface area (Å²) in [7, 11) is 0. The monoisotopic (exact) mass is 384 g/mol. The number of nitrogens with zero attached hydrogens (tertiary/aromatic N) is 1. The van der Waals surface area contributed by atoms with E-state index in [1.807, 2.05) is 0 Å². The number of piperidine rings is 1. The Balaban J connectivity index is 1.47. The van der Waals surface area contributed by atoms with Gasteiger partial charge in [0.05, 0.1) is 0 Å². The molecule has 3 heterocycles. The van der Waals surface area contributed by atoms with Crippen LogP contribution in [0.2, 0.25) is 0 Å². The molecule has 3 aliphatic rings. The number of nitrogens with one attached hydrogen (secondary N) is 3. The van der Waals surface area contributed by atoms with E-state index < -0.39 is 11.9 Å². The molecule has 2 atom stereocenters. The molecule has 1 aromatic rings. The van der Waals surface area contributed by atoms with Crippen LogP contribution in [0, 0.1) is 0 Å². The summed E-state index contributed by atoms with van der Waals surface area (Å²) in [5.74, 6) is -1.20. The molecule has 0 spiro atoms. The molecule has 3 aliphatic heterocycles. The Bertz CT molecular complexity index is 829. The zero-order chi connectivity index (χ0) is 19.7. The van der Waals surface area contributed by atoms with Crippen molar-refractivity contribution in [3.63, 3.8) is 0 Å². The number of hydrogen-bond acceptors (Lipinski definition) is 5. The van der Waals surface area contributed by atoms with Crippen LogP contribution in [0.3, 0.4) is 0 Å². The Morgan fingerprint density at radius 1 is 1.14 bits per heavy atom. The van der Waals surface area contributed by atoms with Crippen molar-refractivity contribution in [2.45, 2.75) is 50.7 Å². The summed E-state index contributed by atoms with van der Waals surface area (Å²) >= 11 is 0. The summed E-state index contributed by atoms with van der Waals surface area (Å²) < 4.78 is 0. The Morgan fingerprint density at radius 2 is 2.00 bits per heavy atom. The van der Waals surface area contributed by atoms with Gasteiger partial charge in [-0.1, -0.05) is 12.5 Å². The molecule has 4 rings (SSSR count). The average Bonchev–Trinajstić information content (AvgIpc) is 2.84. The second-order valence-electron chi connectivity index (χ2n) is 7.64. The topological polar surface area (TPSA) is 108 Å². The predicted molar refractivity (Wildman–Crippen MR) is 100 cm³/mol. The van der Waals surface area contributed by atoms with E-state index in [2.05, 4.69) is 16.0 Å². The Labute approximate surface area is 163 Å². The maximum atomic E-state index is 12.9. The summed E-state index contributed by atoms with van der Waals surface area (Å²) in [5.41, 5.74) is 1.69. The van der Waals surface area contributed by atoms with Gasteiger partial charge in [0.1, 0.15) is 6.04 Å². The molecule has 28 heavy (non-hydrogen) atoms. The molecule has 8 nitrogen and oxygen atoms in total. The lowest BCUT2D eigenvalue weighted by Gasteiger charge is -2.29. The molecule has 8 heteroatoms. The third-order valence-corrected chi connectivity index (χ3v) is 5.67. The normalized spacial score (nSPS) is 25.1. The standard InChI is InChI=1S/C20H24N4O4/c25-17-7-6-16(19(27)23-17)24-11-13-5-4-12(9-15(13)20(24)28)18(26)22-14-3-1-2-8-21-10-14/h4-5,9,14,16,21H,1-3,6-8,10-11H2,(H,22,26)(H,23,25,27)/t14-,16?/m0/s1. The van der Waals surface area contributed by atoms with Crippen molar-refractivity contribution in [3.8, 4) is 0 Å². The van der Waals surface area contributed by atoms with E-state index in [9.17, 15) is 19.2 Å². The van der Waals surface area contributed by atoms with Gasteiger partial charge in [0.15, 0.2) is 0 Å². The van der Waals surface area contributed by atoms with Crippen molar-refractivity contribution in [1.29, 1.82) is 0 Å². The molecule has 1 unspecified atom stereocenters. The Kier molecular flexibility index (Phi) is 5.13. The van der Waals surface area contributed by atoms with E-state index in [0.29, 0.717) is 24.1 Å². The number of carbonyl (C=O) groups is 4. The average molecular weight is 384 g/mol. The van der Waals surface area contributed by atoms with Gasteiger partial charge in [-0.2, -0.15) is 0 Å². The van der Waals surface area contributed by atoms with Gasteiger partial charge in [0, 0.05) is 36.7 Å². The predicted octanol–water partition coefficient (Wildman–Crippen LogP) is 0.320. The molecule has 3 N–H and O–H groups in total. The summed E-state index contributed by atoms with van der Waals surface area (Å²) in [6.45, 7) is 2.03. The summed E-state index contributed by atoms with van der Waals surface area (Å²) in [6.07, 6.45) is 3.66. The Morgan fingerprint density at radius 3 is 2.82 bits per heavy atom. The van der Waals surface area contributed by atoms with Gasteiger partial charge < -0.3 is 15.5 Å². The van der Waals surface area contributed by atoms with Crippen LogP contribution in [0.4, 0.5) is 0 Å². The minimum atomic E-state index is -0.646. The summed E-state index contributed by atoms with van der Waals surface area (Å²) in [5, 5.41) is 8.65. The molecule has 0 saturated carbocycles. The maximum absolute atomic E-state index is 12.9. The fraction of sp³-hybridized carbons (Fsp3) is 0.500. The van der Waals surface area contributed by atoms with Gasteiger partial charge in [-0.15, -0.1) is 0 Å². The van der Waals surface area contributed by atoms with Gasteiger partial charge in [0.25, 0.3) is 11.8 Å². The first-order valence-corrected chi connectivity index (χ1v) is 9.82. The minimum absolute atomic E-state index is 0.0823. The Hall–Kier alpha value is -2.74. The first-order valence-electron chi connectivity index (χ1n) is 9.82. The van der Waals surface area contributed by atoms with Crippen LogP contribution in [-0.4, -0.2) is 53.7 Å². The lowest BCUT2D eigenvalue weighted by Crippen LogP contribution is -2.52. The van der Waals surface area contributed by atoms with E-state index in [1.54, 1.807) is 18.2 Å². The second kappa shape index (κ2) is 7.71. The van der Waals surface area contributed by atoms with Gasteiger partial charge in [-0.25, -0.2) is 0 Å². The fourth-order valence-electron chi connectivity index (χ4n) is 4.11. The largest absolute Gasteiger partial charge is 0.348 e. The molecule has 2 fully saturated rings. The molecule has 2 saturated heterocycles. The van der Waals surface area contributed by atoms with Gasteiger partial charge in [-0.05, 0) is 43.5 Å². The third kappa shape index (κ3) is 3.64. The number of fused-ring (bicyclic) bond motifs is 1. The highest BCUT2D eigenvalue weighted by Crippen LogP contribution is 2.28. The van der Waals surface area contributed by atoms with Gasteiger partial charge in [-0.3, -0.25) is 24.5 Å². The van der Waals surface area contributed by atoms with Gasteiger partial charge in [0.2, 0.25) is 11.8 Å². The fourth-order valence-corrected chi connectivity index (χ4v) is 4.11. The quantitative estimate of drug-likeness (QED) is 0.651. The number of amides is 4. The van der Waals surface area contributed by atoms with Crippen molar-refractivity contribution in [2.75, 3.05) is 13.1 Å². The number of rotatable bonds is 3. The van der Waals surface area contributed by atoms with Crippen LogP contribution in [0.15, 0.2) is 18.2 Å². The van der Waals surface area contributed by atoms with Crippen molar-refractivity contribution in [1.82, 2.24) is 20.9 Å². The molecular weight excluding hydrogens is 360 g/mol. The first-order chi connectivity index (χ1) is 13.5. The third-order valence-electron chi connectivity index (χ3n) is 5.67. The van der Waals surface area contributed by atoms with Crippen LogP contribution in [0.5, 0.6) is 0 Å². The molecule has 0 aliphatic carbocycles. The highest BCUT2D eigenvalue weighted by Gasteiger charge is 2.39. The van der Waals surface area contributed by atoms with E-state index in [4.69, 9.17) is 0 Å². The molecular formula is C20H24N4O4. The minimum Gasteiger partial charge on any atom is -0.348 e. The molecule has 4 amide bonds. The number of carbonyl (C=O) groups excluding carboxylic acids is 4. The van der Waals surface area contributed by atoms with Crippen LogP contribution in [0.1, 0.15) is 58.4 Å². The van der Waals surface area contributed by atoms with E-state index in [0.717, 1.165) is 37.9 Å². The number of benzene rings is 1. The van der Waals surface area contributed by atoms with Crippen LogP contribution in [-0.2, 0) is 16.1 Å². The van der Waals surface area contributed by atoms with E-state index in [1.165, 1.54) is 4.90 Å². The highest BCUT2D eigenvalue weighted by atomic mass is 16.2. The first kappa shape index (κ1) is 18.6. The molecule has 0 radical (unpaired) electrons. The van der Waals surface area contributed by atoms with Crippen molar-refractivity contribution < 1.29 is 19.2 Å². The van der Waals surface area contributed by atoms with Crippen LogP contribution in [0.25, 0.3) is 0 Å². The lowest BCUT2D eigenvalue weighted by molar-refractivity contribution is -0.136. The second-order valence-corrected chi connectivity index (χ2v) is 7.64. The van der Waals surface area contributed by atoms with Gasteiger partial charge >= 0.3 is 0 Å². The van der Waals surface area contributed by atoms with E-state index in [-0.39, 0.29) is 30.2 Å². The lowest BCUT2D eigenvalue weighted by atomic mass is 10.0. The smallest absolute Gasteiger partial charge is 0.255 e. The number of hydrogen-bond donors (Lipinski definition) is 3. The molecule has 0 aromatic heterocycles. The zero-order valence-corrected chi connectivity index (χ0v) is 15.6. The van der Waals surface area contributed by atoms with Crippen molar-refractivity contribution in [2.24, 2.45) is 0 Å². The van der Waals surface area contributed by atoms with Crippen LogP contribution >= 0.6 is 0 Å². The SMILES string of the molecule is O=C1CCC(N2Cc3ccc(C(=O)N[C@H]4CCCCNC4)cc3C2=O)C(=O)N1.